The van der Waals surface area contributed by atoms with E-state index in [2.05, 4.69) is 20.8 Å². The molecular weight excluding hydrogens is 240 g/mol. The number of H-pyrrole nitrogens is 1. The normalized spacial score (nSPS) is 13.6. The molecule has 0 unspecified atom stereocenters. The van der Waals surface area contributed by atoms with E-state index in [-0.39, 0.29) is 5.69 Å². The fourth-order valence-corrected chi connectivity index (χ4v) is 2.34. The van der Waals surface area contributed by atoms with Gasteiger partial charge < -0.3 is 10.4 Å². The second kappa shape index (κ2) is 4.28. The van der Waals surface area contributed by atoms with E-state index in [9.17, 15) is 4.79 Å². The van der Waals surface area contributed by atoms with Crippen LogP contribution in [0.15, 0.2) is 35.1 Å². The van der Waals surface area contributed by atoms with E-state index in [0.29, 0.717) is 0 Å². The maximum atomic E-state index is 11.6. The molecule has 2 aromatic rings. The minimum Gasteiger partial charge on any atom is -0.304 e. The molecule has 1 aliphatic rings. The molecule has 0 saturated carbocycles. The summed E-state index contributed by atoms with van der Waals surface area (Å²) in [6.45, 7) is 3.79. The van der Waals surface area contributed by atoms with Crippen LogP contribution in [0.3, 0.4) is 0 Å². The van der Waals surface area contributed by atoms with Gasteiger partial charge in [-0.2, -0.15) is 4.98 Å². The third-order valence-corrected chi connectivity index (χ3v) is 3.18. The van der Waals surface area contributed by atoms with Crippen LogP contribution < -0.4 is 27.1 Å². The van der Waals surface area contributed by atoms with Gasteiger partial charge >= 0.3 is 5.69 Å². The Bertz CT molecular complexity index is 806. The lowest BCUT2D eigenvalue weighted by Gasteiger charge is -2.19. The number of hydrazine groups is 1. The van der Waals surface area contributed by atoms with Gasteiger partial charge in [-0.25, -0.2) is 4.79 Å². The summed E-state index contributed by atoms with van der Waals surface area (Å²) in [5, 5.41) is 1.72. The predicted octanol–water partition coefficient (Wildman–Crippen LogP) is -0.529. The Morgan fingerprint density at radius 1 is 1.05 bits per heavy atom. The van der Waals surface area contributed by atoms with Crippen LogP contribution in [0, 0.1) is 6.92 Å². The first-order valence-electron chi connectivity index (χ1n) is 6.06. The van der Waals surface area contributed by atoms with E-state index >= 15 is 0 Å². The molecule has 0 amide bonds. The van der Waals surface area contributed by atoms with Crippen LogP contribution in [0.5, 0.6) is 0 Å². The number of nitrogens with one attached hydrogen (secondary N) is 3. The van der Waals surface area contributed by atoms with Crippen molar-refractivity contribution in [2.45, 2.75) is 13.8 Å². The minimum absolute atomic E-state index is 0.332. The predicted molar refractivity (Wildman–Crippen MR) is 73.2 cm³/mol. The van der Waals surface area contributed by atoms with Gasteiger partial charge in [0, 0.05) is 16.5 Å². The third kappa shape index (κ3) is 1.89. The summed E-state index contributed by atoms with van der Waals surface area (Å²) in [5.41, 5.74) is 9.43. The van der Waals surface area contributed by atoms with Gasteiger partial charge in [0.05, 0.1) is 16.7 Å². The number of rotatable bonds is 1. The van der Waals surface area contributed by atoms with E-state index < -0.39 is 0 Å². The summed E-state index contributed by atoms with van der Waals surface area (Å²) in [4.78, 5) is 18.4. The van der Waals surface area contributed by atoms with Crippen LogP contribution in [0.4, 0.5) is 0 Å². The van der Waals surface area contributed by atoms with Gasteiger partial charge in [0.2, 0.25) is 0 Å². The first-order chi connectivity index (χ1) is 9.16. The highest BCUT2D eigenvalue weighted by Crippen LogP contribution is 2.07. The summed E-state index contributed by atoms with van der Waals surface area (Å²) in [5.74, 6) is 0. The average molecular weight is 254 g/mol. The fraction of sp³-hybridized carbons (Fsp3) is 0.143. The summed E-state index contributed by atoms with van der Waals surface area (Å²) in [6.07, 6.45) is 0. The zero-order valence-electron chi connectivity index (χ0n) is 10.7. The number of nitrogens with zero attached hydrogens (tertiary/aromatic N) is 1. The highest BCUT2D eigenvalue weighted by atomic mass is 16.1. The standard InChI is InChI=1S/C14H14N4O/c1-8-11-9(2)17-18-12(10-6-4-3-5-7-10)13(11)16-14(19)15-8/h3-7,17-18H,1-2H3,(H,16,19). The molecule has 1 aromatic heterocycles. The maximum Gasteiger partial charge on any atom is 0.345 e. The van der Waals surface area contributed by atoms with Crippen LogP contribution in [0.1, 0.15) is 18.2 Å². The molecule has 3 N–H and O–H groups in total. The number of hydrogen-bond donors (Lipinski definition) is 3. The highest BCUT2D eigenvalue weighted by molar-refractivity contribution is 5.66. The van der Waals surface area contributed by atoms with Crippen LogP contribution >= 0.6 is 0 Å². The Morgan fingerprint density at radius 3 is 2.53 bits per heavy atom. The van der Waals surface area contributed by atoms with E-state index in [4.69, 9.17) is 0 Å². The molecule has 96 valence electrons. The number of hydrogen-bond acceptors (Lipinski definition) is 4. The van der Waals surface area contributed by atoms with Crippen molar-refractivity contribution in [2.75, 3.05) is 0 Å². The molecule has 0 bridgehead atoms. The Labute approximate surface area is 109 Å². The Morgan fingerprint density at radius 2 is 1.79 bits per heavy atom. The monoisotopic (exact) mass is 254 g/mol. The second-order valence-electron chi connectivity index (χ2n) is 4.49. The molecule has 5 nitrogen and oxygen atoms in total. The van der Waals surface area contributed by atoms with Crippen LogP contribution in [0.25, 0.3) is 11.4 Å². The van der Waals surface area contributed by atoms with Crippen LogP contribution in [0.2, 0.25) is 0 Å². The van der Waals surface area contributed by atoms with Crippen molar-refractivity contribution in [2.24, 2.45) is 0 Å². The summed E-state index contributed by atoms with van der Waals surface area (Å²) in [7, 11) is 0. The molecule has 0 spiro atoms. The summed E-state index contributed by atoms with van der Waals surface area (Å²) in [6, 6.07) is 9.85. The van der Waals surface area contributed by atoms with Crippen molar-refractivity contribution >= 4 is 11.4 Å². The van der Waals surface area contributed by atoms with Crippen LogP contribution in [-0.4, -0.2) is 9.97 Å². The molecule has 19 heavy (non-hydrogen) atoms. The smallest absolute Gasteiger partial charge is 0.304 e. The quantitative estimate of drug-likeness (QED) is 0.640. The number of benzene rings is 1. The summed E-state index contributed by atoms with van der Waals surface area (Å²) < 4.78 is 0. The molecule has 5 heteroatoms. The van der Waals surface area contributed by atoms with Crippen LogP contribution in [-0.2, 0) is 0 Å². The lowest BCUT2D eigenvalue weighted by atomic mass is 10.1. The second-order valence-corrected chi connectivity index (χ2v) is 4.49. The molecule has 1 aromatic carbocycles. The number of aromatic amines is 1. The first kappa shape index (κ1) is 11.5. The van der Waals surface area contributed by atoms with E-state index in [1.807, 2.05) is 44.2 Å². The van der Waals surface area contributed by atoms with Crippen molar-refractivity contribution in [3.63, 3.8) is 0 Å². The molecule has 0 atom stereocenters. The largest absolute Gasteiger partial charge is 0.345 e. The lowest BCUT2D eigenvalue weighted by molar-refractivity contribution is 0.768. The average Bonchev–Trinajstić information content (AvgIpc) is 2.39. The topological polar surface area (TPSA) is 69.8 Å². The van der Waals surface area contributed by atoms with Gasteiger partial charge in [-0.1, -0.05) is 30.3 Å². The number of fused-ring (bicyclic) bond motifs is 1. The number of aryl methyl sites for hydroxylation is 1. The Hall–Kier alpha value is -2.56. The summed E-state index contributed by atoms with van der Waals surface area (Å²) >= 11 is 0. The van der Waals surface area contributed by atoms with Crippen molar-refractivity contribution in [3.05, 3.63) is 62.6 Å². The molecule has 0 fully saturated rings. The minimum atomic E-state index is -0.332. The van der Waals surface area contributed by atoms with Gasteiger partial charge in [0.25, 0.3) is 0 Å². The Balaban J connectivity index is 2.49. The molecule has 1 aliphatic heterocycles. The zero-order chi connectivity index (χ0) is 13.4. The third-order valence-electron chi connectivity index (χ3n) is 3.18. The Kier molecular flexibility index (Phi) is 2.59. The molecule has 0 radical (unpaired) electrons. The molecular formula is C14H14N4O. The van der Waals surface area contributed by atoms with E-state index in [1.54, 1.807) is 0 Å². The van der Waals surface area contributed by atoms with Gasteiger partial charge in [-0.05, 0) is 13.8 Å². The lowest BCUT2D eigenvalue weighted by Crippen LogP contribution is -2.51. The van der Waals surface area contributed by atoms with Crippen molar-refractivity contribution in [1.82, 2.24) is 20.8 Å². The van der Waals surface area contributed by atoms with Gasteiger partial charge in [0.1, 0.15) is 0 Å². The fourth-order valence-electron chi connectivity index (χ4n) is 2.34. The molecule has 0 aliphatic carbocycles. The highest BCUT2D eigenvalue weighted by Gasteiger charge is 2.12. The van der Waals surface area contributed by atoms with Gasteiger partial charge in [-0.15, -0.1) is 0 Å². The zero-order valence-corrected chi connectivity index (χ0v) is 10.7. The van der Waals surface area contributed by atoms with E-state index in [0.717, 1.165) is 33.2 Å². The van der Waals surface area contributed by atoms with Crippen molar-refractivity contribution < 1.29 is 0 Å². The van der Waals surface area contributed by atoms with E-state index in [1.165, 1.54) is 0 Å². The van der Waals surface area contributed by atoms with Gasteiger partial charge in [-0.3, -0.25) is 5.43 Å². The first-order valence-corrected chi connectivity index (χ1v) is 6.06. The van der Waals surface area contributed by atoms with Crippen molar-refractivity contribution in [1.29, 1.82) is 0 Å². The SMILES string of the molecule is CC1=c2c(C)nc(=O)[nH]c2=C(c2ccccc2)NN1. The van der Waals surface area contributed by atoms with Gasteiger partial charge in [0.15, 0.2) is 0 Å². The molecule has 2 heterocycles. The van der Waals surface area contributed by atoms with Crippen molar-refractivity contribution in [3.8, 4) is 0 Å². The molecule has 3 rings (SSSR count). The molecule has 0 saturated heterocycles. The maximum absolute atomic E-state index is 11.6. The number of aromatic nitrogens is 2.